The van der Waals surface area contributed by atoms with E-state index in [1.165, 1.54) is 0 Å². The molecule has 0 rings (SSSR count). The van der Waals surface area contributed by atoms with Gasteiger partial charge >= 0.3 is 0 Å². The predicted molar refractivity (Wildman–Crippen MR) is 70.7 cm³/mol. The Labute approximate surface area is 111 Å². The fraction of sp³-hybridized carbons (Fsp3) is 0.786. The molecule has 0 saturated heterocycles. The standard InChI is InChI=1S/C14H27NO3/c1-5-7-8-9-10-12(16)11-15(3,4)13(6-2)14(17)18/h5,7,12-13,16H,6,8-11H2,1-4H3/b7-5+. The van der Waals surface area contributed by atoms with E-state index in [1.807, 2.05) is 34.0 Å². The van der Waals surface area contributed by atoms with Crippen molar-refractivity contribution >= 4 is 5.97 Å². The molecule has 0 aromatic heterocycles. The van der Waals surface area contributed by atoms with E-state index >= 15 is 0 Å². The molecule has 106 valence electrons. The fourth-order valence-corrected chi connectivity index (χ4v) is 2.35. The molecule has 0 aliphatic rings. The number of carboxylic acids is 1. The number of carboxylic acid groups (broad SMARTS) is 1. The molecule has 1 N–H and O–H groups in total. The Morgan fingerprint density at radius 2 is 2.06 bits per heavy atom. The summed E-state index contributed by atoms with van der Waals surface area (Å²) in [7, 11) is 3.66. The molecule has 0 heterocycles. The Morgan fingerprint density at radius 3 is 2.50 bits per heavy atom. The highest BCUT2D eigenvalue weighted by atomic mass is 16.4. The minimum Gasteiger partial charge on any atom is -0.544 e. The second kappa shape index (κ2) is 8.27. The average molecular weight is 257 g/mol. The van der Waals surface area contributed by atoms with Crippen molar-refractivity contribution in [3.05, 3.63) is 12.2 Å². The second-order valence-corrected chi connectivity index (χ2v) is 5.36. The van der Waals surface area contributed by atoms with Gasteiger partial charge in [0.1, 0.15) is 18.7 Å². The number of carbonyl (C=O) groups excluding carboxylic acids is 1. The summed E-state index contributed by atoms with van der Waals surface area (Å²) in [5.41, 5.74) is 0. The molecule has 0 saturated carbocycles. The number of aliphatic hydroxyl groups excluding tert-OH is 1. The summed E-state index contributed by atoms with van der Waals surface area (Å²) < 4.78 is 0.267. The van der Waals surface area contributed by atoms with E-state index in [1.54, 1.807) is 0 Å². The van der Waals surface area contributed by atoms with Gasteiger partial charge in [-0.3, -0.25) is 0 Å². The molecule has 2 atom stereocenters. The molecule has 4 heteroatoms. The zero-order valence-electron chi connectivity index (χ0n) is 12.1. The van der Waals surface area contributed by atoms with Crippen LogP contribution in [0.2, 0.25) is 0 Å². The maximum Gasteiger partial charge on any atom is 0.129 e. The highest BCUT2D eigenvalue weighted by molar-refractivity contribution is 5.69. The Kier molecular flexibility index (Phi) is 7.87. The predicted octanol–water partition coefficient (Wildman–Crippen LogP) is 0.699. The Morgan fingerprint density at radius 1 is 1.44 bits per heavy atom. The van der Waals surface area contributed by atoms with E-state index in [2.05, 4.69) is 6.08 Å². The number of carbonyl (C=O) groups is 1. The number of allylic oxidation sites excluding steroid dienone is 2. The molecule has 18 heavy (non-hydrogen) atoms. The summed E-state index contributed by atoms with van der Waals surface area (Å²) in [6.45, 7) is 4.25. The number of quaternary nitrogens is 1. The van der Waals surface area contributed by atoms with Crippen LogP contribution < -0.4 is 5.11 Å². The third-order valence-corrected chi connectivity index (χ3v) is 3.33. The van der Waals surface area contributed by atoms with Gasteiger partial charge in [0.05, 0.1) is 20.1 Å². The van der Waals surface area contributed by atoms with Crippen molar-refractivity contribution in [3.63, 3.8) is 0 Å². The maximum atomic E-state index is 11.0. The number of hydrogen-bond donors (Lipinski definition) is 1. The Bertz CT molecular complexity index is 274. The van der Waals surface area contributed by atoms with Crippen LogP contribution in [-0.2, 0) is 4.79 Å². The van der Waals surface area contributed by atoms with Crippen molar-refractivity contribution in [2.75, 3.05) is 20.6 Å². The first-order valence-corrected chi connectivity index (χ1v) is 6.67. The van der Waals surface area contributed by atoms with Crippen LogP contribution in [0.1, 0.15) is 39.5 Å². The largest absolute Gasteiger partial charge is 0.544 e. The lowest BCUT2D eigenvalue weighted by Gasteiger charge is -2.39. The number of aliphatic carboxylic acids is 1. The molecule has 0 bridgehead atoms. The minimum absolute atomic E-state index is 0.267. The minimum atomic E-state index is -1.04. The van der Waals surface area contributed by atoms with Crippen LogP contribution in [0.25, 0.3) is 0 Å². The maximum absolute atomic E-state index is 11.0. The van der Waals surface area contributed by atoms with Crippen LogP contribution >= 0.6 is 0 Å². The van der Waals surface area contributed by atoms with Gasteiger partial charge in [-0.15, -0.1) is 0 Å². The van der Waals surface area contributed by atoms with Crippen LogP contribution in [0.5, 0.6) is 0 Å². The summed E-state index contributed by atoms with van der Waals surface area (Å²) in [6, 6.07) is -0.560. The number of nitrogens with zero attached hydrogens (tertiary/aromatic N) is 1. The van der Waals surface area contributed by atoms with Crippen molar-refractivity contribution in [1.82, 2.24) is 0 Å². The van der Waals surface area contributed by atoms with Crippen LogP contribution in [0.15, 0.2) is 12.2 Å². The Balaban J connectivity index is 4.24. The number of aliphatic hydroxyl groups is 1. The molecule has 2 unspecified atom stereocenters. The third-order valence-electron chi connectivity index (χ3n) is 3.33. The van der Waals surface area contributed by atoms with Crippen LogP contribution in [0.4, 0.5) is 0 Å². The van der Waals surface area contributed by atoms with Gasteiger partial charge in [-0.05, 0) is 26.2 Å². The first-order valence-electron chi connectivity index (χ1n) is 6.67. The van der Waals surface area contributed by atoms with Gasteiger partial charge in [0.25, 0.3) is 0 Å². The quantitative estimate of drug-likeness (QED) is 0.376. The molecular weight excluding hydrogens is 230 g/mol. The summed E-state index contributed by atoms with van der Waals surface area (Å²) in [4.78, 5) is 11.0. The molecule has 0 fully saturated rings. The van der Waals surface area contributed by atoms with Gasteiger partial charge in [-0.1, -0.05) is 19.1 Å². The van der Waals surface area contributed by atoms with Crippen LogP contribution in [0, 0.1) is 0 Å². The lowest BCUT2D eigenvalue weighted by molar-refractivity contribution is -0.911. The number of likely N-dealkylation sites (N-methyl/N-ethyl adjacent to an activating group) is 1. The van der Waals surface area contributed by atoms with Crippen LogP contribution in [-0.4, -0.2) is 48.3 Å². The molecule has 0 spiro atoms. The zero-order valence-corrected chi connectivity index (χ0v) is 12.1. The molecule has 0 aliphatic heterocycles. The lowest BCUT2D eigenvalue weighted by Crippen LogP contribution is -2.59. The zero-order chi connectivity index (χ0) is 14.2. The van der Waals surface area contributed by atoms with E-state index in [9.17, 15) is 15.0 Å². The van der Waals surface area contributed by atoms with E-state index < -0.39 is 18.1 Å². The SMILES string of the molecule is C/C=C/CCCC(O)C[N+](C)(C)C(CC)C(=O)[O-]. The first-order chi connectivity index (χ1) is 8.35. The molecular formula is C14H27NO3. The van der Waals surface area contributed by atoms with Gasteiger partial charge in [0, 0.05) is 6.42 Å². The molecule has 0 aliphatic carbocycles. The lowest BCUT2D eigenvalue weighted by atomic mass is 10.1. The smallest absolute Gasteiger partial charge is 0.129 e. The molecule has 0 aromatic carbocycles. The summed E-state index contributed by atoms with van der Waals surface area (Å²) in [5, 5.41) is 21.0. The molecule has 4 nitrogen and oxygen atoms in total. The highest BCUT2D eigenvalue weighted by Gasteiger charge is 2.30. The van der Waals surface area contributed by atoms with Crippen molar-refractivity contribution in [2.45, 2.75) is 51.7 Å². The van der Waals surface area contributed by atoms with E-state index in [0.29, 0.717) is 19.4 Å². The highest BCUT2D eigenvalue weighted by Crippen LogP contribution is 2.14. The van der Waals surface area contributed by atoms with E-state index in [-0.39, 0.29) is 4.48 Å². The third kappa shape index (κ3) is 6.17. The van der Waals surface area contributed by atoms with Crippen molar-refractivity contribution < 1.29 is 19.5 Å². The summed E-state index contributed by atoms with van der Waals surface area (Å²) >= 11 is 0. The first kappa shape index (κ1) is 17.1. The van der Waals surface area contributed by atoms with Crippen molar-refractivity contribution in [2.24, 2.45) is 0 Å². The Hall–Kier alpha value is -0.870. The summed E-state index contributed by atoms with van der Waals surface area (Å²) in [6.07, 6.45) is 6.71. The number of hydrogen-bond acceptors (Lipinski definition) is 3. The van der Waals surface area contributed by atoms with E-state index in [4.69, 9.17) is 0 Å². The van der Waals surface area contributed by atoms with Gasteiger partial charge in [0.2, 0.25) is 0 Å². The number of unbranched alkanes of at least 4 members (excludes halogenated alkanes) is 1. The monoisotopic (exact) mass is 257 g/mol. The fourth-order valence-electron chi connectivity index (χ4n) is 2.35. The van der Waals surface area contributed by atoms with Gasteiger partial charge in [0.15, 0.2) is 0 Å². The van der Waals surface area contributed by atoms with Gasteiger partial charge < -0.3 is 19.5 Å². The normalized spacial score (nSPS) is 15.8. The van der Waals surface area contributed by atoms with Crippen LogP contribution in [0.3, 0.4) is 0 Å². The molecule has 0 aromatic rings. The van der Waals surface area contributed by atoms with E-state index in [0.717, 1.165) is 12.8 Å². The van der Waals surface area contributed by atoms with Crippen molar-refractivity contribution in [3.8, 4) is 0 Å². The summed E-state index contributed by atoms with van der Waals surface area (Å²) in [5.74, 6) is -1.04. The average Bonchev–Trinajstić information content (AvgIpc) is 2.23. The van der Waals surface area contributed by atoms with Gasteiger partial charge in [-0.2, -0.15) is 0 Å². The van der Waals surface area contributed by atoms with Crippen molar-refractivity contribution in [1.29, 1.82) is 0 Å². The molecule has 0 amide bonds. The second-order valence-electron chi connectivity index (χ2n) is 5.36. The van der Waals surface area contributed by atoms with Gasteiger partial charge in [-0.25, -0.2) is 0 Å². The topological polar surface area (TPSA) is 60.4 Å². The molecule has 0 radical (unpaired) electrons. The number of rotatable bonds is 9.